The van der Waals surface area contributed by atoms with Crippen molar-refractivity contribution in [2.24, 2.45) is 5.92 Å². The van der Waals surface area contributed by atoms with Crippen LogP contribution in [0.15, 0.2) is 0 Å². The molecule has 0 saturated carbocycles. The van der Waals surface area contributed by atoms with Gasteiger partial charge in [-0.1, -0.05) is 42.4 Å². The van der Waals surface area contributed by atoms with E-state index in [-0.39, 0.29) is 5.92 Å². The van der Waals surface area contributed by atoms with E-state index in [1.54, 1.807) is 0 Å². The first-order valence-electron chi connectivity index (χ1n) is 3.91. The molecule has 0 radical (unpaired) electrons. The fourth-order valence-corrected chi connectivity index (χ4v) is 0.880. The maximum absolute atomic E-state index is 9.25. The topological polar surface area (TPSA) is 20.2 Å². The van der Waals surface area contributed by atoms with Crippen LogP contribution in [0.4, 0.5) is 0 Å². The molecule has 1 N–H and O–H groups in total. The number of alkyl halides is 1. The summed E-state index contributed by atoms with van der Waals surface area (Å²) in [6.07, 6.45) is 1.59. The molecule has 0 aromatic carbocycles. The summed E-state index contributed by atoms with van der Waals surface area (Å²) in [5.41, 5.74) is 0. The normalized spacial score (nSPS) is 12.5. The van der Waals surface area contributed by atoms with Crippen molar-refractivity contribution in [2.45, 2.75) is 32.8 Å². The Bertz CT molecular complexity index is 143. The van der Waals surface area contributed by atoms with E-state index < -0.39 is 6.10 Å². The van der Waals surface area contributed by atoms with E-state index in [4.69, 9.17) is 0 Å². The van der Waals surface area contributed by atoms with E-state index in [1.807, 2.05) is 13.8 Å². The Balaban J connectivity index is 3.51. The maximum Gasteiger partial charge on any atom is 0.117 e. The Morgan fingerprint density at radius 2 is 2.09 bits per heavy atom. The van der Waals surface area contributed by atoms with Crippen molar-refractivity contribution in [1.82, 2.24) is 0 Å². The Morgan fingerprint density at radius 3 is 2.55 bits per heavy atom. The van der Waals surface area contributed by atoms with E-state index in [0.29, 0.717) is 0 Å². The van der Waals surface area contributed by atoms with Crippen LogP contribution in [0.2, 0.25) is 0 Å². The zero-order valence-corrected chi connectivity index (χ0v) is 9.26. The van der Waals surface area contributed by atoms with Crippen molar-refractivity contribution in [1.29, 1.82) is 0 Å². The van der Waals surface area contributed by atoms with Gasteiger partial charge in [-0.15, -0.1) is 5.92 Å². The van der Waals surface area contributed by atoms with Crippen molar-refractivity contribution in [3.63, 3.8) is 0 Å². The monoisotopic (exact) mass is 266 g/mol. The number of unbranched alkanes of at least 4 members (excludes halogenated alkanes) is 1. The largest absolute Gasteiger partial charge is 0.380 e. The second kappa shape index (κ2) is 6.93. The van der Waals surface area contributed by atoms with Gasteiger partial charge in [0.1, 0.15) is 6.10 Å². The van der Waals surface area contributed by atoms with Crippen LogP contribution in [0.25, 0.3) is 0 Å². The fourth-order valence-electron chi connectivity index (χ4n) is 0.499. The Labute approximate surface area is 82.7 Å². The van der Waals surface area contributed by atoms with Gasteiger partial charge in [0.15, 0.2) is 0 Å². The summed E-state index contributed by atoms with van der Waals surface area (Å²) in [7, 11) is 0. The van der Waals surface area contributed by atoms with Gasteiger partial charge in [-0.2, -0.15) is 0 Å². The second-order valence-corrected chi connectivity index (χ2v) is 3.88. The van der Waals surface area contributed by atoms with Gasteiger partial charge >= 0.3 is 0 Å². The molecule has 0 aromatic heterocycles. The fraction of sp³-hybridized carbons (Fsp3) is 0.778. The average Bonchev–Trinajstić information content (AvgIpc) is 1.97. The van der Waals surface area contributed by atoms with Gasteiger partial charge in [0.2, 0.25) is 0 Å². The van der Waals surface area contributed by atoms with Crippen LogP contribution in [-0.2, 0) is 0 Å². The highest BCUT2D eigenvalue weighted by Gasteiger charge is 2.02. The molecular weight excluding hydrogens is 251 g/mol. The zero-order chi connectivity index (χ0) is 8.69. The minimum atomic E-state index is -0.441. The third kappa shape index (κ3) is 6.64. The SMILES string of the molecule is CC(C)C(O)C#CCCCI. The van der Waals surface area contributed by atoms with E-state index in [9.17, 15) is 5.11 Å². The molecular formula is C9H15IO. The predicted octanol–water partition coefficient (Wildman–Crippen LogP) is 2.22. The molecule has 0 aliphatic carbocycles. The lowest BCUT2D eigenvalue weighted by molar-refractivity contribution is 0.181. The van der Waals surface area contributed by atoms with Crippen LogP contribution in [0.5, 0.6) is 0 Å². The standard InChI is InChI=1S/C9H15IO/c1-8(2)9(11)6-4-3-5-7-10/h8-9,11H,3,5,7H2,1-2H3. The molecule has 0 heterocycles. The van der Waals surface area contributed by atoms with Crippen molar-refractivity contribution in [3.05, 3.63) is 0 Å². The molecule has 0 aliphatic heterocycles. The van der Waals surface area contributed by atoms with Gasteiger partial charge in [0, 0.05) is 10.8 Å². The number of hydrogen-bond acceptors (Lipinski definition) is 1. The molecule has 0 amide bonds. The number of aliphatic hydroxyl groups is 1. The number of rotatable bonds is 3. The van der Waals surface area contributed by atoms with Crippen LogP contribution >= 0.6 is 22.6 Å². The third-order valence-corrected chi connectivity index (χ3v) is 2.08. The maximum atomic E-state index is 9.25. The summed E-state index contributed by atoms with van der Waals surface area (Å²) in [5, 5.41) is 9.25. The van der Waals surface area contributed by atoms with E-state index in [2.05, 4.69) is 34.4 Å². The molecule has 0 aromatic rings. The van der Waals surface area contributed by atoms with Crippen LogP contribution in [0.1, 0.15) is 26.7 Å². The minimum Gasteiger partial charge on any atom is -0.380 e. The number of aliphatic hydroxyl groups excluding tert-OH is 1. The first kappa shape index (κ1) is 11.2. The smallest absolute Gasteiger partial charge is 0.117 e. The van der Waals surface area contributed by atoms with Gasteiger partial charge < -0.3 is 5.11 Å². The van der Waals surface area contributed by atoms with Gasteiger partial charge in [0.25, 0.3) is 0 Å². The molecule has 0 fully saturated rings. The quantitative estimate of drug-likeness (QED) is 0.359. The lowest BCUT2D eigenvalue weighted by atomic mass is 10.1. The second-order valence-electron chi connectivity index (χ2n) is 2.80. The first-order chi connectivity index (χ1) is 5.18. The molecule has 0 spiro atoms. The highest BCUT2D eigenvalue weighted by atomic mass is 127. The van der Waals surface area contributed by atoms with Crippen molar-refractivity contribution < 1.29 is 5.11 Å². The van der Waals surface area contributed by atoms with Crippen molar-refractivity contribution in [2.75, 3.05) is 4.43 Å². The van der Waals surface area contributed by atoms with Gasteiger partial charge in [0.05, 0.1) is 0 Å². The van der Waals surface area contributed by atoms with E-state index in [1.165, 1.54) is 0 Å². The summed E-state index contributed by atoms with van der Waals surface area (Å²) >= 11 is 2.33. The molecule has 0 bridgehead atoms. The summed E-state index contributed by atoms with van der Waals surface area (Å²) in [6, 6.07) is 0. The molecule has 0 saturated heterocycles. The van der Waals surface area contributed by atoms with Crippen LogP contribution in [0, 0.1) is 17.8 Å². The van der Waals surface area contributed by atoms with Crippen molar-refractivity contribution in [3.8, 4) is 11.8 Å². The molecule has 2 heteroatoms. The molecule has 0 aliphatic rings. The molecule has 64 valence electrons. The lowest BCUT2D eigenvalue weighted by Crippen LogP contribution is -2.11. The van der Waals surface area contributed by atoms with Crippen LogP contribution < -0.4 is 0 Å². The summed E-state index contributed by atoms with van der Waals surface area (Å²) < 4.78 is 1.14. The molecule has 1 nitrogen and oxygen atoms in total. The number of halogens is 1. The molecule has 11 heavy (non-hydrogen) atoms. The number of hydrogen-bond donors (Lipinski definition) is 1. The first-order valence-corrected chi connectivity index (χ1v) is 5.43. The Kier molecular flexibility index (Phi) is 7.09. The van der Waals surface area contributed by atoms with Crippen LogP contribution in [0.3, 0.4) is 0 Å². The van der Waals surface area contributed by atoms with Gasteiger partial charge in [-0.3, -0.25) is 0 Å². The third-order valence-electron chi connectivity index (χ3n) is 1.32. The summed E-state index contributed by atoms with van der Waals surface area (Å²) in [6.45, 7) is 3.94. The Morgan fingerprint density at radius 1 is 1.45 bits per heavy atom. The molecule has 0 rings (SSSR count). The summed E-state index contributed by atoms with van der Waals surface area (Å²) in [5.74, 6) is 6.03. The molecule has 1 unspecified atom stereocenters. The minimum absolute atomic E-state index is 0.252. The highest BCUT2D eigenvalue weighted by molar-refractivity contribution is 14.1. The Hall–Kier alpha value is 0.250. The summed E-state index contributed by atoms with van der Waals surface area (Å²) in [4.78, 5) is 0. The predicted molar refractivity (Wildman–Crippen MR) is 56.7 cm³/mol. The van der Waals surface area contributed by atoms with E-state index in [0.717, 1.165) is 17.3 Å². The van der Waals surface area contributed by atoms with Gasteiger partial charge in [-0.25, -0.2) is 0 Å². The van der Waals surface area contributed by atoms with Crippen molar-refractivity contribution >= 4 is 22.6 Å². The zero-order valence-electron chi connectivity index (χ0n) is 7.10. The van der Waals surface area contributed by atoms with Crippen LogP contribution in [-0.4, -0.2) is 15.6 Å². The average molecular weight is 266 g/mol. The van der Waals surface area contributed by atoms with E-state index >= 15 is 0 Å². The van der Waals surface area contributed by atoms with Gasteiger partial charge in [-0.05, 0) is 12.3 Å². The highest BCUT2D eigenvalue weighted by Crippen LogP contribution is 1.99. The molecule has 1 atom stereocenters. The lowest BCUT2D eigenvalue weighted by Gasteiger charge is -2.04.